The molecular weight excluding hydrogens is 518 g/mol. The van der Waals surface area contributed by atoms with Crippen LogP contribution in [-0.4, -0.2) is 78.0 Å². The molecule has 39 heavy (non-hydrogen) atoms. The number of nitrogens with zero attached hydrogens (tertiary/aromatic N) is 4. The molecule has 3 N–H and O–H groups in total. The lowest BCUT2D eigenvalue weighted by Gasteiger charge is -2.33. The van der Waals surface area contributed by atoms with Crippen molar-refractivity contribution in [2.75, 3.05) is 44.8 Å². The number of carbonyl (C=O) groups is 1. The predicted octanol–water partition coefficient (Wildman–Crippen LogP) is 3.24. The van der Waals surface area contributed by atoms with Gasteiger partial charge in [0.15, 0.2) is 0 Å². The zero-order chi connectivity index (χ0) is 27.6. The van der Waals surface area contributed by atoms with Crippen LogP contribution >= 0.6 is 0 Å². The van der Waals surface area contributed by atoms with E-state index >= 15 is 0 Å². The lowest BCUT2D eigenvalue weighted by atomic mass is 10.1. The Morgan fingerprint density at radius 2 is 1.82 bits per heavy atom. The van der Waals surface area contributed by atoms with Gasteiger partial charge in [0, 0.05) is 63.8 Å². The molecule has 2 aromatic carbocycles. The third-order valence-electron chi connectivity index (χ3n) is 6.69. The monoisotopic (exact) mass is 549 g/mol. The molecule has 1 aliphatic heterocycles. The largest absolute Gasteiger partial charge is 0.457 e. The van der Waals surface area contributed by atoms with E-state index in [2.05, 4.69) is 49.5 Å². The van der Waals surface area contributed by atoms with E-state index in [1.165, 1.54) is 27.9 Å². The maximum Gasteiger partial charge on any atom is 0.269 e. The summed E-state index contributed by atoms with van der Waals surface area (Å²) in [4.78, 5) is 26.1. The molecule has 5 rings (SSSR count). The summed E-state index contributed by atoms with van der Waals surface area (Å²) in [5, 5.41) is 5.91. The molecule has 2 aromatic heterocycles. The molecule has 0 spiro atoms. The Balaban J connectivity index is 1.26. The maximum atomic E-state index is 11.9. The molecule has 1 fully saturated rings. The van der Waals surface area contributed by atoms with Gasteiger partial charge in [0.1, 0.15) is 17.2 Å². The zero-order valence-electron chi connectivity index (χ0n) is 22.1. The summed E-state index contributed by atoms with van der Waals surface area (Å²) in [5.41, 5.74) is 5.10. The van der Waals surface area contributed by atoms with Gasteiger partial charge in [0.2, 0.25) is 16.0 Å². The van der Waals surface area contributed by atoms with Crippen LogP contribution in [0.3, 0.4) is 0 Å². The molecule has 11 nitrogen and oxygen atoms in total. The maximum absolute atomic E-state index is 11.9. The number of carbonyl (C=O) groups excluding carboxylic acids is 1. The molecule has 0 bridgehead atoms. The van der Waals surface area contributed by atoms with Gasteiger partial charge < -0.3 is 20.4 Å². The molecule has 12 heteroatoms. The molecule has 0 radical (unpaired) electrons. The van der Waals surface area contributed by atoms with Gasteiger partial charge in [-0.1, -0.05) is 6.07 Å². The Bertz CT molecular complexity index is 1610. The first-order valence-electron chi connectivity index (χ1n) is 12.6. The highest BCUT2D eigenvalue weighted by molar-refractivity contribution is 7.88. The number of hydrogen-bond donors (Lipinski definition) is 3. The van der Waals surface area contributed by atoms with Crippen LogP contribution in [0.2, 0.25) is 0 Å². The van der Waals surface area contributed by atoms with Crippen LogP contribution in [0.4, 0.5) is 11.6 Å². The standard InChI is InChI=1S/C27H31N7O4S/c1-18-4-5-20(14-19(18)17-33-10-12-34(13-11-33)39(3,36)37)30-27-31-23-7-6-21(15-24(23)32-27)38-22-8-9-29-25(16-22)26(35)28-2/h4-9,14-16H,10-13,17H2,1-3H3,(H,28,35)(H2,30,31,32). The molecule has 1 amide bonds. The zero-order valence-corrected chi connectivity index (χ0v) is 22.9. The number of amides is 1. The SMILES string of the molecule is CNC(=O)c1cc(Oc2ccc3nc(Nc4ccc(C)c(CN5CCN(S(C)(=O)=O)CC5)c4)[nH]c3c2)ccn1. The number of H-pyrrole nitrogens is 1. The van der Waals surface area contributed by atoms with Crippen LogP contribution < -0.4 is 15.4 Å². The first-order valence-corrected chi connectivity index (χ1v) is 14.4. The first kappa shape index (κ1) is 26.6. The predicted molar refractivity (Wildman–Crippen MR) is 150 cm³/mol. The molecule has 0 aliphatic carbocycles. The number of benzene rings is 2. The van der Waals surface area contributed by atoms with Crippen molar-refractivity contribution in [1.29, 1.82) is 0 Å². The molecule has 4 aromatic rings. The number of nitrogens with one attached hydrogen (secondary N) is 3. The summed E-state index contributed by atoms with van der Waals surface area (Å²) in [6.07, 6.45) is 2.79. The number of anilines is 2. The average molecular weight is 550 g/mol. The molecule has 0 saturated carbocycles. The van der Waals surface area contributed by atoms with Gasteiger partial charge in [-0.3, -0.25) is 14.7 Å². The fraction of sp³-hybridized carbons (Fsp3) is 0.296. The summed E-state index contributed by atoms with van der Waals surface area (Å²) in [6.45, 7) is 5.24. The van der Waals surface area contributed by atoms with Crippen molar-refractivity contribution in [1.82, 2.24) is 29.5 Å². The van der Waals surface area contributed by atoms with Crippen molar-refractivity contribution < 1.29 is 17.9 Å². The van der Waals surface area contributed by atoms with Crippen LogP contribution in [0.5, 0.6) is 11.5 Å². The summed E-state index contributed by atoms with van der Waals surface area (Å²) in [6, 6.07) is 15.0. The van der Waals surface area contributed by atoms with Crippen molar-refractivity contribution in [3.05, 3.63) is 71.5 Å². The molecule has 3 heterocycles. The highest BCUT2D eigenvalue weighted by atomic mass is 32.2. The molecule has 1 aliphatic rings. The number of fused-ring (bicyclic) bond motifs is 1. The lowest BCUT2D eigenvalue weighted by molar-refractivity contribution is 0.0958. The van der Waals surface area contributed by atoms with Crippen LogP contribution in [0.1, 0.15) is 21.6 Å². The smallest absolute Gasteiger partial charge is 0.269 e. The number of imidazole rings is 1. The van der Waals surface area contributed by atoms with E-state index in [0.717, 1.165) is 23.3 Å². The topological polar surface area (TPSA) is 133 Å². The Kier molecular flexibility index (Phi) is 7.51. The Morgan fingerprint density at radius 3 is 2.56 bits per heavy atom. The number of rotatable bonds is 8. The fourth-order valence-electron chi connectivity index (χ4n) is 4.49. The quantitative estimate of drug-likeness (QED) is 0.305. The van der Waals surface area contributed by atoms with E-state index in [9.17, 15) is 13.2 Å². The average Bonchev–Trinajstić information content (AvgIpc) is 3.31. The molecule has 1 saturated heterocycles. The fourth-order valence-corrected chi connectivity index (χ4v) is 5.32. The Hall–Kier alpha value is -4.00. The minimum atomic E-state index is -3.15. The molecule has 0 unspecified atom stereocenters. The number of aryl methyl sites for hydroxylation is 1. The van der Waals surface area contributed by atoms with Crippen molar-refractivity contribution >= 4 is 38.6 Å². The van der Waals surface area contributed by atoms with Crippen molar-refractivity contribution in [3.8, 4) is 11.5 Å². The van der Waals surface area contributed by atoms with Gasteiger partial charge >= 0.3 is 0 Å². The summed E-state index contributed by atoms with van der Waals surface area (Å²) < 4.78 is 31.1. The Labute approximate surface area is 227 Å². The number of sulfonamides is 1. The number of ether oxygens (including phenoxy) is 1. The minimum absolute atomic E-state index is 0.276. The van der Waals surface area contributed by atoms with Crippen molar-refractivity contribution in [2.45, 2.75) is 13.5 Å². The van der Waals surface area contributed by atoms with Gasteiger partial charge in [-0.25, -0.2) is 13.4 Å². The van der Waals surface area contributed by atoms with E-state index in [4.69, 9.17) is 4.74 Å². The number of pyridine rings is 1. The second kappa shape index (κ2) is 11.0. The van der Waals surface area contributed by atoms with E-state index in [-0.39, 0.29) is 11.6 Å². The second-order valence-electron chi connectivity index (χ2n) is 9.53. The molecule has 204 valence electrons. The summed E-state index contributed by atoms with van der Waals surface area (Å²) in [7, 11) is -1.59. The van der Waals surface area contributed by atoms with Crippen molar-refractivity contribution in [2.24, 2.45) is 0 Å². The van der Waals surface area contributed by atoms with Crippen LogP contribution in [0.25, 0.3) is 11.0 Å². The third-order valence-corrected chi connectivity index (χ3v) is 7.99. The Morgan fingerprint density at radius 1 is 1.05 bits per heavy atom. The van der Waals surface area contributed by atoms with Gasteiger partial charge in [-0.2, -0.15) is 4.31 Å². The number of aromatic nitrogens is 3. The van der Waals surface area contributed by atoms with Crippen molar-refractivity contribution in [3.63, 3.8) is 0 Å². The van der Waals surface area contributed by atoms with E-state index in [0.29, 0.717) is 43.6 Å². The minimum Gasteiger partial charge on any atom is -0.457 e. The number of piperazine rings is 1. The van der Waals surface area contributed by atoms with Gasteiger partial charge in [-0.05, 0) is 48.4 Å². The van der Waals surface area contributed by atoms with Gasteiger partial charge in [0.05, 0.1) is 17.3 Å². The van der Waals surface area contributed by atoms with Gasteiger partial charge in [-0.15, -0.1) is 0 Å². The van der Waals surface area contributed by atoms with E-state index in [1.54, 1.807) is 19.2 Å². The second-order valence-corrected chi connectivity index (χ2v) is 11.5. The molecule has 0 atom stereocenters. The lowest BCUT2D eigenvalue weighted by Crippen LogP contribution is -2.47. The normalized spacial score (nSPS) is 14.8. The summed E-state index contributed by atoms with van der Waals surface area (Å²) in [5.74, 6) is 1.42. The van der Waals surface area contributed by atoms with E-state index in [1.807, 2.05) is 24.3 Å². The van der Waals surface area contributed by atoms with E-state index < -0.39 is 10.0 Å². The van der Waals surface area contributed by atoms with Crippen LogP contribution in [0.15, 0.2) is 54.7 Å². The summed E-state index contributed by atoms with van der Waals surface area (Å²) >= 11 is 0. The highest BCUT2D eigenvalue weighted by Gasteiger charge is 2.23. The number of aromatic amines is 1. The van der Waals surface area contributed by atoms with Gasteiger partial charge in [0.25, 0.3) is 5.91 Å². The highest BCUT2D eigenvalue weighted by Crippen LogP contribution is 2.27. The third kappa shape index (κ3) is 6.36. The van der Waals surface area contributed by atoms with Crippen LogP contribution in [0, 0.1) is 6.92 Å². The van der Waals surface area contributed by atoms with Crippen LogP contribution in [-0.2, 0) is 16.6 Å². The first-order chi connectivity index (χ1) is 18.7. The molecular formula is C27H31N7O4S. The number of hydrogen-bond acceptors (Lipinski definition) is 8.